The van der Waals surface area contributed by atoms with Crippen molar-refractivity contribution in [2.24, 2.45) is 5.92 Å². The van der Waals surface area contributed by atoms with Crippen LogP contribution in [0.15, 0.2) is 36.8 Å². The second-order valence-corrected chi connectivity index (χ2v) is 10.6. The largest absolute Gasteiger partial charge is 0.440 e. The van der Waals surface area contributed by atoms with E-state index in [0.717, 1.165) is 31.4 Å². The molecular weight excluding hydrogens is 482 g/mol. The number of carbonyl (C=O) groups excluding carboxylic acids is 2. The van der Waals surface area contributed by atoms with Crippen molar-refractivity contribution in [2.45, 2.75) is 63.6 Å². The first-order chi connectivity index (χ1) is 17.2. The zero-order valence-corrected chi connectivity index (χ0v) is 21.0. The van der Waals surface area contributed by atoms with Gasteiger partial charge >= 0.3 is 6.09 Å². The Hall–Kier alpha value is -3.53. The summed E-state index contributed by atoms with van der Waals surface area (Å²) in [4.78, 5) is 45.3. The molecule has 186 valence electrons. The summed E-state index contributed by atoms with van der Waals surface area (Å²) in [6.07, 6.45) is 6.16. The number of rotatable bonds is 6. The predicted molar refractivity (Wildman–Crippen MR) is 132 cm³/mol. The average molecular weight is 508 g/mol. The number of nitrogens with zero attached hydrogens (tertiary/aromatic N) is 6. The van der Waals surface area contributed by atoms with E-state index in [-0.39, 0.29) is 23.8 Å². The third kappa shape index (κ3) is 3.80. The van der Waals surface area contributed by atoms with E-state index in [1.54, 1.807) is 42.3 Å². The third-order valence-corrected chi connectivity index (χ3v) is 7.38. The Balaban J connectivity index is 1.26. The van der Waals surface area contributed by atoms with Gasteiger partial charge in [0, 0.05) is 16.8 Å². The highest BCUT2D eigenvalue weighted by Crippen LogP contribution is 2.52. The quantitative estimate of drug-likeness (QED) is 0.524. The minimum Gasteiger partial charge on any atom is -0.440 e. The van der Waals surface area contributed by atoms with Gasteiger partial charge < -0.3 is 10.1 Å². The van der Waals surface area contributed by atoms with Gasteiger partial charge in [0.05, 0.1) is 17.3 Å². The van der Waals surface area contributed by atoms with E-state index < -0.39 is 17.2 Å². The number of imidazole rings is 1. The van der Waals surface area contributed by atoms with Crippen molar-refractivity contribution in [2.75, 3.05) is 10.2 Å². The molecule has 2 aliphatic carbocycles. The van der Waals surface area contributed by atoms with Crippen molar-refractivity contribution in [1.82, 2.24) is 24.5 Å². The van der Waals surface area contributed by atoms with E-state index in [9.17, 15) is 9.59 Å². The van der Waals surface area contributed by atoms with E-state index in [0.29, 0.717) is 22.4 Å². The van der Waals surface area contributed by atoms with Crippen LogP contribution in [0.2, 0.25) is 5.02 Å². The summed E-state index contributed by atoms with van der Waals surface area (Å²) < 4.78 is 7.21. The number of benzene rings is 1. The number of ether oxygens (including phenoxy) is 1. The molecule has 10 nitrogen and oxygen atoms in total. The van der Waals surface area contributed by atoms with Crippen LogP contribution < -0.4 is 10.2 Å². The van der Waals surface area contributed by atoms with Crippen LogP contribution >= 0.6 is 11.6 Å². The standard InChI is InChI=1S/C25H26ClN7O3/c1-14(2)19-25(10-11-25)36-23(35)33(19)22-29-15(3)28-21(30-22)31-24(8-9-24)18-12-32(13-27-18)20(34)16-4-6-17(26)7-5-16/h4-7,12-14,19H,8-11H2,1-3H3,(H,28,29,30,31)/t19-/m0/s1. The van der Waals surface area contributed by atoms with Crippen LogP contribution in [0.3, 0.4) is 0 Å². The smallest absolute Gasteiger partial charge is 0.417 e. The van der Waals surface area contributed by atoms with Gasteiger partial charge in [-0.05, 0) is 62.8 Å². The van der Waals surface area contributed by atoms with Crippen LogP contribution in [-0.4, -0.2) is 48.1 Å². The Kier molecular flexibility index (Phi) is 5.08. The summed E-state index contributed by atoms with van der Waals surface area (Å²) in [5, 5.41) is 3.97. The molecule has 3 aromatic rings. The molecule has 2 saturated carbocycles. The van der Waals surface area contributed by atoms with Gasteiger partial charge in [0.2, 0.25) is 11.9 Å². The highest BCUT2D eigenvalue weighted by molar-refractivity contribution is 6.30. The molecule has 36 heavy (non-hydrogen) atoms. The van der Waals surface area contributed by atoms with E-state index in [2.05, 4.69) is 39.1 Å². The van der Waals surface area contributed by atoms with Gasteiger partial charge in [-0.3, -0.25) is 9.36 Å². The van der Waals surface area contributed by atoms with Crippen molar-refractivity contribution in [3.63, 3.8) is 0 Å². The highest BCUT2D eigenvalue weighted by atomic mass is 35.5. The molecule has 1 amide bonds. The van der Waals surface area contributed by atoms with Gasteiger partial charge in [-0.15, -0.1) is 0 Å². The molecule has 1 N–H and O–H groups in total. The fourth-order valence-corrected chi connectivity index (χ4v) is 5.23. The summed E-state index contributed by atoms with van der Waals surface area (Å²) in [7, 11) is 0. The number of aryl methyl sites for hydroxylation is 1. The molecule has 6 rings (SSSR count). The molecule has 2 aromatic heterocycles. The normalized spacial score (nSPS) is 21.1. The van der Waals surface area contributed by atoms with E-state index in [4.69, 9.17) is 16.3 Å². The van der Waals surface area contributed by atoms with E-state index in [1.165, 1.54) is 10.9 Å². The molecule has 3 fully saturated rings. The zero-order valence-electron chi connectivity index (χ0n) is 20.2. The Morgan fingerprint density at radius 1 is 1.14 bits per heavy atom. The summed E-state index contributed by atoms with van der Waals surface area (Å²) >= 11 is 5.94. The fourth-order valence-electron chi connectivity index (χ4n) is 5.10. The number of carbonyl (C=O) groups is 2. The predicted octanol–water partition coefficient (Wildman–Crippen LogP) is 4.33. The summed E-state index contributed by atoms with van der Waals surface area (Å²) in [6, 6.07) is 6.61. The molecule has 1 saturated heterocycles. The maximum absolute atomic E-state index is 12.9. The number of nitrogens with one attached hydrogen (secondary N) is 1. The van der Waals surface area contributed by atoms with Crippen LogP contribution in [0.4, 0.5) is 16.7 Å². The zero-order chi connectivity index (χ0) is 25.2. The maximum atomic E-state index is 12.9. The minimum atomic E-state index is -0.489. The van der Waals surface area contributed by atoms with Crippen molar-refractivity contribution >= 4 is 35.5 Å². The Morgan fingerprint density at radius 2 is 1.86 bits per heavy atom. The Labute approximate surface area is 213 Å². The van der Waals surface area contributed by atoms with Gasteiger partial charge in [0.1, 0.15) is 17.8 Å². The monoisotopic (exact) mass is 507 g/mol. The number of amides is 1. The summed E-state index contributed by atoms with van der Waals surface area (Å²) in [5.41, 5.74) is 0.323. The van der Waals surface area contributed by atoms with Crippen molar-refractivity contribution < 1.29 is 14.3 Å². The van der Waals surface area contributed by atoms with Crippen LogP contribution in [-0.2, 0) is 10.3 Å². The molecule has 1 atom stereocenters. The van der Waals surface area contributed by atoms with Crippen molar-refractivity contribution in [3.05, 3.63) is 58.9 Å². The van der Waals surface area contributed by atoms with Crippen molar-refractivity contribution in [1.29, 1.82) is 0 Å². The molecule has 1 spiro atoms. The second-order valence-electron chi connectivity index (χ2n) is 10.2. The van der Waals surface area contributed by atoms with E-state index in [1.807, 2.05) is 0 Å². The lowest BCUT2D eigenvalue weighted by Gasteiger charge is -2.26. The van der Waals surface area contributed by atoms with Gasteiger partial charge in [-0.2, -0.15) is 15.0 Å². The molecule has 11 heteroatoms. The molecular formula is C25H26ClN7O3. The summed E-state index contributed by atoms with van der Waals surface area (Å²) in [5.74, 6) is 1.14. The number of hydrogen-bond acceptors (Lipinski definition) is 8. The lowest BCUT2D eigenvalue weighted by atomic mass is 9.96. The third-order valence-electron chi connectivity index (χ3n) is 7.13. The fraction of sp³-hybridized carbons (Fsp3) is 0.440. The first-order valence-electron chi connectivity index (χ1n) is 12.1. The number of halogens is 1. The van der Waals surface area contributed by atoms with Crippen LogP contribution in [0.5, 0.6) is 0 Å². The van der Waals surface area contributed by atoms with Gasteiger partial charge in [-0.25, -0.2) is 14.7 Å². The molecule has 3 heterocycles. The topological polar surface area (TPSA) is 115 Å². The molecule has 0 bridgehead atoms. The molecule has 3 aliphatic rings. The average Bonchev–Trinajstić information content (AvgIpc) is 3.69. The van der Waals surface area contributed by atoms with Gasteiger partial charge in [-0.1, -0.05) is 25.4 Å². The number of anilines is 2. The Bertz CT molecular complexity index is 1360. The highest BCUT2D eigenvalue weighted by Gasteiger charge is 2.63. The first kappa shape index (κ1) is 22.9. The lowest BCUT2D eigenvalue weighted by Crippen LogP contribution is -2.43. The maximum Gasteiger partial charge on any atom is 0.417 e. The minimum absolute atomic E-state index is 0.121. The molecule has 1 aliphatic heterocycles. The summed E-state index contributed by atoms with van der Waals surface area (Å²) in [6.45, 7) is 5.93. The Morgan fingerprint density at radius 3 is 2.50 bits per heavy atom. The van der Waals surface area contributed by atoms with Crippen molar-refractivity contribution in [3.8, 4) is 0 Å². The first-order valence-corrected chi connectivity index (χ1v) is 12.5. The van der Waals surface area contributed by atoms with Crippen LogP contribution in [0.25, 0.3) is 0 Å². The lowest BCUT2D eigenvalue weighted by molar-refractivity contribution is 0.0959. The van der Waals surface area contributed by atoms with Gasteiger partial charge in [0.15, 0.2) is 0 Å². The van der Waals surface area contributed by atoms with E-state index >= 15 is 0 Å². The number of hydrogen-bond donors (Lipinski definition) is 1. The molecule has 0 radical (unpaired) electrons. The second kappa shape index (κ2) is 7.99. The van der Waals surface area contributed by atoms with Gasteiger partial charge in [0.25, 0.3) is 5.91 Å². The van der Waals surface area contributed by atoms with Crippen LogP contribution in [0, 0.1) is 12.8 Å². The number of aromatic nitrogens is 5. The molecule has 1 aromatic carbocycles. The SMILES string of the molecule is Cc1nc(NC2(c3cn(C(=O)c4ccc(Cl)cc4)cn3)CC2)nc(N2C(=O)OC3(CC3)[C@@H]2C(C)C)n1. The molecule has 0 unspecified atom stereocenters. The van der Waals surface area contributed by atoms with Crippen LogP contribution in [0.1, 0.15) is 61.4 Å².